The highest BCUT2D eigenvalue weighted by molar-refractivity contribution is 5.76. The summed E-state index contributed by atoms with van der Waals surface area (Å²) in [5, 5.41) is 3.39. The summed E-state index contributed by atoms with van der Waals surface area (Å²) in [4.78, 5) is 22.4. The molecule has 124 valence electrons. The van der Waals surface area contributed by atoms with Crippen molar-refractivity contribution >= 4 is 17.3 Å². The minimum absolute atomic E-state index is 0.0202. The van der Waals surface area contributed by atoms with Gasteiger partial charge in [-0.25, -0.2) is 9.37 Å². The number of amides is 1. The lowest BCUT2D eigenvalue weighted by Crippen LogP contribution is -2.49. The summed E-state index contributed by atoms with van der Waals surface area (Å²) in [6.07, 6.45) is 4.98. The van der Waals surface area contributed by atoms with Crippen molar-refractivity contribution in [2.45, 2.75) is 6.54 Å². The Kier molecular flexibility index (Phi) is 4.62. The number of hydrogen-bond donors (Lipinski definition) is 0. The minimum atomic E-state index is -0.432. The number of carbonyl (C=O) groups is 1. The number of azide groups is 1. The third-order valence-corrected chi connectivity index (χ3v) is 3.94. The zero-order chi connectivity index (χ0) is 16.9. The van der Waals surface area contributed by atoms with Crippen LogP contribution in [0.15, 0.2) is 42.0 Å². The van der Waals surface area contributed by atoms with Crippen molar-refractivity contribution in [2.75, 3.05) is 31.1 Å². The van der Waals surface area contributed by atoms with Crippen LogP contribution in [-0.2, 0) is 11.3 Å². The predicted octanol–water partition coefficient (Wildman–Crippen LogP) is 2.31. The highest BCUT2D eigenvalue weighted by Gasteiger charge is 2.22. The Balaban J connectivity index is 1.60. The fraction of sp³-hybridized carbons (Fsp3) is 0.333. The van der Waals surface area contributed by atoms with Crippen molar-refractivity contribution in [1.29, 1.82) is 0 Å². The number of hydrogen-bond acceptors (Lipinski definition) is 4. The zero-order valence-corrected chi connectivity index (χ0v) is 12.9. The van der Waals surface area contributed by atoms with E-state index < -0.39 is 5.82 Å². The number of benzene rings is 1. The first-order chi connectivity index (χ1) is 11.7. The van der Waals surface area contributed by atoms with Crippen molar-refractivity contribution in [3.8, 4) is 0 Å². The first-order valence-corrected chi connectivity index (χ1v) is 7.50. The van der Waals surface area contributed by atoms with Gasteiger partial charge in [-0.1, -0.05) is 11.2 Å². The second-order valence-corrected chi connectivity index (χ2v) is 5.43. The summed E-state index contributed by atoms with van der Waals surface area (Å²) in [6.45, 7) is 2.42. The highest BCUT2D eigenvalue weighted by Crippen LogP contribution is 2.25. The highest BCUT2D eigenvalue weighted by atomic mass is 19.1. The summed E-state index contributed by atoms with van der Waals surface area (Å²) in [5.74, 6) is -0.412. The topological polar surface area (TPSA) is 90.1 Å². The quantitative estimate of drug-likeness (QED) is 0.490. The van der Waals surface area contributed by atoms with Gasteiger partial charge in [-0.3, -0.25) is 4.79 Å². The lowest BCUT2D eigenvalue weighted by Gasteiger charge is -2.36. The Bertz CT molecular complexity index is 762. The number of anilines is 1. The van der Waals surface area contributed by atoms with E-state index in [1.807, 2.05) is 4.90 Å². The maximum absolute atomic E-state index is 14.1. The molecule has 1 aliphatic rings. The van der Waals surface area contributed by atoms with E-state index in [0.29, 0.717) is 31.9 Å². The molecule has 0 radical (unpaired) electrons. The molecule has 0 saturated carbocycles. The molecule has 0 atom stereocenters. The molecule has 1 amide bonds. The van der Waals surface area contributed by atoms with Gasteiger partial charge in [-0.15, -0.1) is 0 Å². The van der Waals surface area contributed by atoms with Crippen LogP contribution in [0.5, 0.6) is 0 Å². The molecule has 24 heavy (non-hydrogen) atoms. The van der Waals surface area contributed by atoms with Crippen LogP contribution in [0.2, 0.25) is 0 Å². The summed E-state index contributed by atoms with van der Waals surface area (Å²) < 4.78 is 15.9. The molecule has 2 aromatic rings. The second-order valence-electron chi connectivity index (χ2n) is 5.43. The minimum Gasteiger partial charge on any atom is -0.366 e. The van der Waals surface area contributed by atoms with E-state index in [1.54, 1.807) is 40.3 Å². The molecule has 9 heteroatoms. The van der Waals surface area contributed by atoms with Crippen molar-refractivity contribution < 1.29 is 9.18 Å². The van der Waals surface area contributed by atoms with Gasteiger partial charge < -0.3 is 14.4 Å². The Morgan fingerprint density at radius 2 is 2.12 bits per heavy atom. The number of piperazine rings is 1. The number of carbonyl (C=O) groups excluding carboxylic acids is 1. The molecule has 1 aromatic carbocycles. The summed E-state index contributed by atoms with van der Waals surface area (Å²) in [7, 11) is 0. The third kappa shape index (κ3) is 3.47. The average Bonchev–Trinajstić information content (AvgIpc) is 3.08. The van der Waals surface area contributed by atoms with E-state index in [4.69, 9.17) is 5.53 Å². The van der Waals surface area contributed by atoms with Crippen LogP contribution in [-0.4, -0.2) is 46.5 Å². The van der Waals surface area contributed by atoms with Crippen LogP contribution < -0.4 is 4.90 Å². The van der Waals surface area contributed by atoms with Crippen LogP contribution >= 0.6 is 0 Å². The zero-order valence-electron chi connectivity index (χ0n) is 12.9. The summed E-state index contributed by atoms with van der Waals surface area (Å²) in [5.41, 5.74) is 9.08. The maximum Gasteiger partial charge on any atom is 0.242 e. The van der Waals surface area contributed by atoms with Crippen molar-refractivity contribution in [2.24, 2.45) is 5.11 Å². The molecule has 0 bridgehead atoms. The standard InChI is InChI=1S/C15H16FN7O/c16-13-9-12(19-20-17)1-2-14(13)22-5-7-23(8-6-22)15(24)10-21-4-3-18-11-21/h1-4,9,11H,5-8,10H2. The van der Waals surface area contributed by atoms with E-state index in [-0.39, 0.29) is 18.1 Å². The fourth-order valence-corrected chi connectivity index (χ4v) is 2.70. The average molecular weight is 329 g/mol. The van der Waals surface area contributed by atoms with E-state index in [1.165, 1.54) is 6.07 Å². The molecule has 1 fully saturated rings. The summed E-state index contributed by atoms with van der Waals surface area (Å²) in [6, 6.07) is 4.39. The van der Waals surface area contributed by atoms with Gasteiger partial charge in [0.15, 0.2) is 0 Å². The van der Waals surface area contributed by atoms with E-state index in [9.17, 15) is 9.18 Å². The van der Waals surface area contributed by atoms with Crippen molar-refractivity contribution in [3.05, 3.63) is 53.2 Å². The van der Waals surface area contributed by atoms with Gasteiger partial charge >= 0.3 is 0 Å². The van der Waals surface area contributed by atoms with Crippen LogP contribution in [0.25, 0.3) is 10.4 Å². The van der Waals surface area contributed by atoms with Crippen molar-refractivity contribution in [1.82, 2.24) is 14.5 Å². The molecule has 2 heterocycles. The fourth-order valence-electron chi connectivity index (χ4n) is 2.70. The maximum atomic E-state index is 14.1. The van der Waals surface area contributed by atoms with Gasteiger partial charge in [0.1, 0.15) is 12.4 Å². The normalized spacial score (nSPS) is 14.4. The SMILES string of the molecule is [N-]=[N+]=Nc1ccc(N2CCN(C(=O)Cn3ccnc3)CC2)c(F)c1. The Labute approximate surface area is 137 Å². The molecule has 1 aliphatic heterocycles. The molecule has 0 aliphatic carbocycles. The number of aromatic nitrogens is 2. The molecular formula is C15H16FN7O. The van der Waals surface area contributed by atoms with Crippen LogP contribution in [0.4, 0.5) is 15.8 Å². The predicted molar refractivity (Wildman–Crippen MR) is 86.2 cm³/mol. The first-order valence-electron chi connectivity index (χ1n) is 7.50. The van der Waals surface area contributed by atoms with Gasteiger partial charge in [-0.05, 0) is 17.7 Å². The summed E-state index contributed by atoms with van der Waals surface area (Å²) >= 11 is 0. The molecular weight excluding hydrogens is 313 g/mol. The van der Waals surface area contributed by atoms with Gasteiger partial charge in [0.2, 0.25) is 5.91 Å². The Morgan fingerprint density at radius 1 is 1.33 bits per heavy atom. The van der Waals surface area contributed by atoms with Gasteiger partial charge in [0.25, 0.3) is 0 Å². The van der Waals surface area contributed by atoms with Gasteiger partial charge in [-0.2, -0.15) is 0 Å². The van der Waals surface area contributed by atoms with Crippen LogP contribution in [0.3, 0.4) is 0 Å². The Morgan fingerprint density at radius 3 is 2.75 bits per heavy atom. The number of nitrogens with zero attached hydrogens (tertiary/aromatic N) is 7. The molecule has 3 rings (SSSR count). The van der Waals surface area contributed by atoms with Crippen molar-refractivity contribution in [3.63, 3.8) is 0 Å². The third-order valence-electron chi connectivity index (χ3n) is 3.94. The molecule has 0 spiro atoms. The Hall–Kier alpha value is -3.06. The molecule has 8 nitrogen and oxygen atoms in total. The number of halogens is 1. The van der Waals surface area contributed by atoms with Crippen LogP contribution in [0.1, 0.15) is 0 Å². The molecule has 1 saturated heterocycles. The van der Waals surface area contributed by atoms with Crippen LogP contribution in [0, 0.1) is 5.82 Å². The van der Waals surface area contributed by atoms with Gasteiger partial charge in [0, 0.05) is 49.2 Å². The lowest BCUT2D eigenvalue weighted by atomic mass is 10.2. The van der Waals surface area contributed by atoms with E-state index in [2.05, 4.69) is 15.0 Å². The van der Waals surface area contributed by atoms with E-state index >= 15 is 0 Å². The monoisotopic (exact) mass is 329 g/mol. The number of imidazole rings is 1. The largest absolute Gasteiger partial charge is 0.366 e. The first kappa shape index (κ1) is 15.8. The smallest absolute Gasteiger partial charge is 0.242 e. The molecule has 0 N–H and O–H groups in total. The lowest BCUT2D eigenvalue weighted by molar-refractivity contribution is -0.132. The molecule has 1 aromatic heterocycles. The molecule has 0 unspecified atom stereocenters. The van der Waals surface area contributed by atoms with Gasteiger partial charge in [0.05, 0.1) is 12.0 Å². The van der Waals surface area contributed by atoms with E-state index in [0.717, 1.165) is 0 Å². The second kappa shape index (κ2) is 7.01. The number of rotatable bonds is 4.